The monoisotopic (exact) mass is 324 g/mol. The molecule has 6 nitrogen and oxygen atoms in total. The highest BCUT2D eigenvalue weighted by Gasteiger charge is 2.26. The molecule has 2 heterocycles. The second-order valence-corrected chi connectivity index (χ2v) is 5.90. The quantitative estimate of drug-likeness (QED) is 0.935. The summed E-state index contributed by atoms with van der Waals surface area (Å²) in [5.41, 5.74) is 2.15. The number of rotatable bonds is 4. The minimum Gasteiger partial charge on any atom is -0.354 e. The highest BCUT2D eigenvalue weighted by molar-refractivity contribution is 5.94. The van der Waals surface area contributed by atoms with Crippen molar-refractivity contribution < 1.29 is 9.32 Å². The number of benzene rings is 1. The van der Waals surface area contributed by atoms with Crippen LogP contribution in [0.2, 0.25) is 0 Å². The number of nitriles is 1. The Balaban J connectivity index is 1.59. The average molecular weight is 324 g/mol. The zero-order valence-corrected chi connectivity index (χ0v) is 13.7. The summed E-state index contributed by atoms with van der Waals surface area (Å²) in [5, 5.41) is 16.1. The highest BCUT2D eigenvalue weighted by Crippen LogP contribution is 2.29. The molecule has 1 aromatic carbocycles. The number of anilines is 1. The highest BCUT2D eigenvalue weighted by atomic mass is 16.5. The molecular formula is C18H20N4O2. The first-order chi connectivity index (χ1) is 11.7. The molecule has 0 bridgehead atoms. The average Bonchev–Trinajstić information content (AvgIpc) is 3.10. The van der Waals surface area contributed by atoms with E-state index in [1.807, 2.05) is 17.9 Å². The van der Waals surface area contributed by atoms with Crippen molar-refractivity contribution in [1.82, 2.24) is 10.1 Å². The minimum atomic E-state index is 0.0198. The first kappa shape index (κ1) is 16.1. The van der Waals surface area contributed by atoms with Gasteiger partial charge in [0.15, 0.2) is 0 Å². The van der Waals surface area contributed by atoms with Crippen LogP contribution < -0.4 is 5.32 Å². The summed E-state index contributed by atoms with van der Waals surface area (Å²) < 4.78 is 5.26. The van der Waals surface area contributed by atoms with Crippen molar-refractivity contribution in [2.75, 3.05) is 25.0 Å². The van der Waals surface area contributed by atoms with Crippen LogP contribution in [-0.4, -0.2) is 35.6 Å². The number of hydrogen-bond acceptors (Lipinski definition) is 5. The normalized spacial score (nSPS) is 15.1. The molecule has 0 saturated carbocycles. The first-order valence-electron chi connectivity index (χ1n) is 8.21. The van der Waals surface area contributed by atoms with Crippen molar-refractivity contribution >= 4 is 11.8 Å². The van der Waals surface area contributed by atoms with Gasteiger partial charge in [-0.1, -0.05) is 5.16 Å². The van der Waals surface area contributed by atoms with E-state index in [9.17, 15) is 4.79 Å². The minimum absolute atomic E-state index is 0.0198. The Hall–Kier alpha value is -2.81. The van der Waals surface area contributed by atoms with Gasteiger partial charge in [0.05, 0.1) is 17.3 Å². The molecule has 1 amide bonds. The Morgan fingerprint density at radius 1 is 1.38 bits per heavy atom. The maximum Gasteiger partial charge on any atom is 0.253 e. The molecule has 2 aromatic rings. The second kappa shape index (κ2) is 7.18. The van der Waals surface area contributed by atoms with E-state index in [4.69, 9.17) is 9.78 Å². The van der Waals surface area contributed by atoms with Crippen molar-refractivity contribution in [3.05, 3.63) is 47.2 Å². The molecule has 3 rings (SSSR count). The van der Waals surface area contributed by atoms with Gasteiger partial charge in [-0.25, -0.2) is 0 Å². The van der Waals surface area contributed by atoms with Crippen molar-refractivity contribution in [2.45, 2.75) is 25.7 Å². The molecule has 0 radical (unpaired) electrons. The van der Waals surface area contributed by atoms with E-state index in [-0.39, 0.29) is 5.91 Å². The number of hydrogen-bond donors (Lipinski definition) is 1. The van der Waals surface area contributed by atoms with Crippen molar-refractivity contribution in [3.8, 4) is 6.07 Å². The van der Waals surface area contributed by atoms with Crippen LogP contribution in [0.25, 0.3) is 0 Å². The number of carbonyl (C=O) groups excluding carboxylic acids is 1. The predicted molar refractivity (Wildman–Crippen MR) is 89.7 cm³/mol. The summed E-state index contributed by atoms with van der Waals surface area (Å²) >= 11 is 0. The molecule has 0 aliphatic carbocycles. The lowest BCUT2D eigenvalue weighted by Gasteiger charge is -2.31. The van der Waals surface area contributed by atoms with Gasteiger partial charge in [0.25, 0.3) is 5.91 Å². The second-order valence-electron chi connectivity index (χ2n) is 5.90. The molecule has 1 aliphatic rings. The molecule has 1 N–H and O–H groups in total. The largest absolute Gasteiger partial charge is 0.354 e. The van der Waals surface area contributed by atoms with Crippen LogP contribution in [0, 0.1) is 11.3 Å². The number of amides is 1. The van der Waals surface area contributed by atoms with E-state index in [0.29, 0.717) is 36.0 Å². The number of carbonyl (C=O) groups is 1. The molecule has 0 unspecified atom stereocenters. The number of piperidine rings is 1. The third-order valence-electron chi connectivity index (χ3n) is 4.34. The Morgan fingerprint density at radius 3 is 2.71 bits per heavy atom. The van der Waals surface area contributed by atoms with Crippen LogP contribution in [0.15, 0.2) is 34.9 Å². The SMILES string of the molecule is CCNc1cc(C2CCN(C(=O)c3ccc(C#N)cc3)CC2)no1. The van der Waals surface area contributed by atoms with Crippen LogP contribution in [0.3, 0.4) is 0 Å². The summed E-state index contributed by atoms with van der Waals surface area (Å²) in [6, 6.07) is 10.8. The number of nitrogens with one attached hydrogen (secondary N) is 1. The van der Waals surface area contributed by atoms with Gasteiger partial charge in [-0.2, -0.15) is 5.26 Å². The molecule has 1 saturated heterocycles. The fourth-order valence-electron chi connectivity index (χ4n) is 2.99. The van der Waals surface area contributed by atoms with Crippen LogP contribution >= 0.6 is 0 Å². The Morgan fingerprint density at radius 2 is 2.08 bits per heavy atom. The van der Waals surface area contributed by atoms with Crippen LogP contribution in [0.5, 0.6) is 0 Å². The zero-order valence-electron chi connectivity index (χ0n) is 13.7. The van der Waals surface area contributed by atoms with Crippen LogP contribution in [0.1, 0.15) is 47.3 Å². The van der Waals surface area contributed by atoms with Gasteiger partial charge in [-0.15, -0.1) is 0 Å². The summed E-state index contributed by atoms with van der Waals surface area (Å²) in [6.07, 6.45) is 1.75. The predicted octanol–water partition coefficient (Wildman–Crippen LogP) is 3.00. The third-order valence-corrected chi connectivity index (χ3v) is 4.34. The topological polar surface area (TPSA) is 82.2 Å². The van der Waals surface area contributed by atoms with Gasteiger partial charge < -0.3 is 14.7 Å². The zero-order chi connectivity index (χ0) is 16.9. The van der Waals surface area contributed by atoms with E-state index >= 15 is 0 Å². The lowest BCUT2D eigenvalue weighted by atomic mass is 9.93. The van der Waals surface area contributed by atoms with Crippen LogP contribution in [-0.2, 0) is 0 Å². The van der Waals surface area contributed by atoms with Gasteiger partial charge in [0.1, 0.15) is 0 Å². The van der Waals surface area contributed by atoms with Crippen molar-refractivity contribution in [3.63, 3.8) is 0 Å². The van der Waals surface area contributed by atoms with Crippen molar-refractivity contribution in [1.29, 1.82) is 5.26 Å². The van der Waals surface area contributed by atoms with E-state index in [1.165, 1.54) is 0 Å². The molecule has 124 valence electrons. The molecule has 24 heavy (non-hydrogen) atoms. The van der Waals surface area contributed by atoms with Gasteiger partial charge >= 0.3 is 0 Å². The summed E-state index contributed by atoms with van der Waals surface area (Å²) in [5.74, 6) is 1.04. The standard InChI is InChI=1S/C18H20N4O2/c1-2-20-17-11-16(21-24-17)14-7-9-22(10-8-14)18(23)15-5-3-13(12-19)4-6-15/h3-6,11,14,20H,2,7-10H2,1H3. The molecule has 1 fully saturated rings. The van der Waals surface area contributed by atoms with Gasteiger partial charge in [-0.05, 0) is 44.0 Å². The molecule has 6 heteroatoms. The molecule has 0 atom stereocenters. The summed E-state index contributed by atoms with van der Waals surface area (Å²) in [4.78, 5) is 14.4. The van der Waals surface area contributed by atoms with E-state index in [2.05, 4.69) is 16.5 Å². The lowest BCUT2D eigenvalue weighted by Crippen LogP contribution is -2.37. The Labute approximate surface area is 141 Å². The first-order valence-corrected chi connectivity index (χ1v) is 8.21. The third kappa shape index (κ3) is 3.40. The van der Waals surface area contributed by atoms with Crippen LogP contribution in [0.4, 0.5) is 5.88 Å². The smallest absolute Gasteiger partial charge is 0.253 e. The Kier molecular flexibility index (Phi) is 4.80. The van der Waals surface area contributed by atoms with Gasteiger partial charge in [-0.3, -0.25) is 4.79 Å². The fourth-order valence-corrected chi connectivity index (χ4v) is 2.99. The fraction of sp³-hybridized carbons (Fsp3) is 0.389. The van der Waals surface area contributed by atoms with Gasteiger partial charge in [0, 0.05) is 37.2 Å². The maximum absolute atomic E-state index is 12.5. The molecule has 1 aliphatic heterocycles. The number of nitrogens with zero attached hydrogens (tertiary/aromatic N) is 3. The maximum atomic E-state index is 12.5. The lowest BCUT2D eigenvalue weighted by molar-refractivity contribution is 0.0711. The van der Waals surface area contributed by atoms with E-state index in [0.717, 1.165) is 25.1 Å². The molecule has 1 aromatic heterocycles. The van der Waals surface area contributed by atoms with E-state index < -0.39 is 0 Å². The number of aromatic nitrogens is 1. The number of likely N-dealkylation sites (tertiary alicyclic amines) is 1. The molecule has 0 spiro atoms. The molecular weight excluding hydrogens is 304 g/mol. The summed E-state index contributed by atoms with van der Waals surface area (Å²) in [7, 11) is 0. The van der Waals surface area contributed by atoms with E-state index in [1.54, 1.807) is 24.3 Å². The van der Waals surface area contributed by atoms with Gasteiger partial charge in [0.2, 0.25) is 5.88 Å². The summed E-state index contributed by atoms with van der Waals surface area (Å²) in [6.45, 7) is 4.21. The van der Waals surface area contributed by atoms with Crippen molar-refractivity contribution in [2.24, 2.45) is 0 Å². The Bertz CT molecular complexity index is 737.